The SMILES string of the molecule is O=C(C(c1ccccc1)c1ccccc1)N(Cc1ccc(N2CCCCC2)o1)C1CCS(=O)(=O)C1. The number of benzene rings is 2. The van der Waals surface area contributed by atoms with Crippen LogP contribution in [0.15, 0.2) is 77.2 Å². The van der Waals surface area contributed by atoms with Crippen molar-refractivity contribution >= 4 is 21.6 Å². The van der Waals surface area contributed by atoms with Gasteiger partial charge in [-0.2, -0.15) is 0 Å². The molecule has 0 spiro atoms. The summed E-state index contributed by atoms with van der Waals surface area (Å²) >= 11 is 0. The minimum absolute atomic E-state index is 0.00523. The maximum Gasteiger partial charge on any atom is 0.235 e. The number of sulfone groups is 1. The second kappa shape index (κ2) is 10.3. The number of nitrogens with zero attached hydrogens (tertiary/aromatic N) is 2. The predicted molar refractivity (Wildman–Crippen MR) is 137 cm³/mol. The molecule has 1 amide bonds. The minimum atomic E-state index is -3.17. The Hall–Kier alpha value is -3.06. The van der Waals surface area contributed by atoms with E-state index in [0.717, 1.165) is 42.9 Å². The van der Waals surface area contributed by atoms with Crippen LogP contribution in [0, 0.1) is 0 Å². The van der Waals surface area contributed by atoms with Crippen LogP contribution in [-0.4, -0.2) is 49.9 Å². The molecule has 2 fully saturated rings. The molecule has 0 bridgehead atoms. The Morgan fingerprint density at radius 1 is 0.914 bits per heavy atom. The van der Waals surface area contributed by atoms with Crippen LogP contribution in [0.2, 0.25) is 0 Å². The fraction of sp³-hybridized carbons (Fsp3) is 0.393. The number of amides is 1. The van der Waals surface area contributed by atoms with Crippen molar-refractivity contribution < 1.29 is 17.6 Å². The summed E-state index contributed by atoms with van der Waals surface area (Å²) in [5, 5.41) is 0. The fourth-order valence-electron chi connectivity index (χ4n) is 5.25. The highest BCUT2D eigenvalue weighted by molar-refractivity contribution is 7.91. The van der Waals surface area contributed by atoms with Crippen molar-refractivity contribution in [2.45, 2.75) is 44.2 Å². The predicted octanol–water partition coefficient (Wildman–Crippen LogP) is 4.62. The van der Waals surface area contributed by atoms with Gasteiger partial charge < -0.3 is 14.2 Å². The second-order valence-corrected chi connectivity index (χ2v) is 11.8. The van der Waals surface area contributed by atoms with E-state index in [1.165, 1.54) is 6.42 Å². The van der Waals surface area contributed by atoms with E-state index in [9.17, 15) is 13.2 Å². The summed E-state index contributed by atoms with van der Waals surface area (Å²) in [6, 6.07) is 23.0. The molecular formula is C28H32N2O4S. The van der Waals surface area contributed by atoms with Crippen LogP contribution in [0.4, 0.5) is 5.88 Å². The third-order valence-electron chi connectivity index (χ3n) is 7.09. The third kappa shape index (κ3) is 5.45. The summed E-state index contributed by atoms with van der Waals surface area (Å²) in [6.07, 6.45) is 3.99. The molecule has 2 aliphatic rings. The van der Waals surface area contributed by atoms with Gasteiger partial charge in [0.15, 0.2) is 15.7 Å². The van der Waals surface area contributed by atoms with E-state index in [0.29, 0.717) is 12.2 Å². The van der Waals surface area contributed by atoms with Gasteiger partial charge in [0.05, 0.1) is 24.0 Å². The summed E-state index contributed by atoms with van der Waals surface area (Å²) < 4.78 is 30.9. The first kappa shape index (κ1) is 23.7. The van der Waals surface area contributed by atoms with Gasteiger partial charge in [-0.05, 0) is 42.9 Å². The van der Waals surface area contributed by atoms with Crippen LogP contribution in [0.3, 0.4) is 0 Å². The van der Waals surface area contributed by atoms with Gasteiger partial charge in [0.25, 0.3) is 0 Å². The summed E-state index contributed by atoms with van der Waals surface area (Å²) in [7, 11) is -3.17. The highest BCUT2D eigenvalue weighted by atomic mass is 32.2. The van der Waals surface area contributed by atoms with Gasteiger partial charge in [0.1, 0.15) is 5.76 Å². The van der Waals surface area contributed by atoms with Gasteiger partial charge in [0, 0.05) is 25.2 Å². The zero-order valence-corrected chi connectivity index (χ0v) is 20.7. The van der Waals surface area contributed by atoms with Crippen molar-refractivity contribution in [3.05, 3.63) is 89.7 Å². The average molecular weight is 493 g/mol. The van der Waals surface area contributed by atoms with E-state index in [-0.39, 0.29) is 30.0 Å². The average Bonchev–Trinajstić information content (AvgIpc) is 3.50. The first-order chi connectivity index (χ1) is 17.0. The van der Waals surface area contributed by atoms with Crippen LogP contribution < -0.4 is 4.90 Å². The Morgan fingerprint density at radius 2 is 1.54 bits per heavy atom. The number of anilines is 1. The molecule has 3 aromatic rings. The maximum absolute atomic E-state index is 14.2. The molecule has 2 aromatic carbocycles. The summed E-state index contributed by atoms with van der Waals surface area (Å²) in [6.45, 7) is 2.20. The molecule has 5 rings (SSSR count). The van der Waals surface area contributed by atoms with Crippen LogP contribution in [0.25, 0.3) is 0 Å². The lowest BCUT2D eigenvalue weighted by Crippen LogP contribution is -2.43. The van der Waals surface area contributed by atoms with E-state index >= 15 is 0 Å². The smallest absolute Gasteiger partial charge is 0.235 e. The van der Waals surface area contributed by atoms with E-state index < -0.39 is 15.8 Å². The third-order valence-corrected chi connectivity index (χ3v) is 8.84. The Kier molecular flexibility index (Phi) is 6.95. The normalized spacial score (nSPS) is 19.7. The largest absolute Gasteiger partial charge is 0.444 e. The van der Waals surface area contributed by atoms with Gasteiger partial charge in [-0.15, -0.1) is 0 Å². The summed E-state index contributed by atoms with van der Waals surface area (Å²) in [5.41, 5.74) is 1.78. The highest BCUT2D eigenvalue weighted by Gasteiger charge is 2.38. The van der Waals surface area contributed by atoms with Crippen molar-refractivity contribution in [2.24, 2.45) is 0 Å². The maximum atomic E-state index is 14.2. The molecule has 1 aromatic heterocycles. The summed E-state index contributed by atoms with van der Waals surface area (Å²) in [4.78, 5) is 18.2. The fourth-order valence-corrected chi connectivity index (χ4v) is 6.98. The van der Waals surface area contributed by atoms with Gasteiger partial charge in [-0.3, -0.25) is 4.79 Å². The molecule has 184 valence electrons. The van der Waals surface area contributed by atoms with E-state index in [1.54, 1.807) is 4.90 Å². The second-order valence-electron chi connectivity index (χ2n) is 9.57. The Balaban J connectivity index is 1.47. The molecule has 0 radical (unpaired) electrons. The molecule has 1 unspecified atom stereocenters. The zero-order chi connectivity index (χ0) is 24.3. The molecule has 0 saturated carbocycles. The molecule has 3 heterocycles. The molecule has 6 nitrogen and oxygen atoms in total. The molecule has 7 heteroatoms. The number of carbonyl (C=O) groups is 1. The lowest BCUT2D eigenvalue weighted by molar-refractivity contribution is -0.134. The van der Waals surface area contributed by atoms with Crippen LogP contribution in [0.1, 0.15) is 48.5 Å². The first-order valence-electron chi connectivity index (χ1n) is 12.4. The number of furan rings is 1. The monoisotopic (exact) mass is 492 g/mol. The van der Waals surface area contributed by atoms with E-state index in [1.807, 2.05) is 72.8 Å². The van der Waals surface area contributed by atoms with Gasteiger partial charge >= 0.3 is 0 Å². The topological polar surface area (TPSA) is 70.8 Å². The van der Waals surface area contributed by atoms with Crippen LogP contribution in [0.5, 0.6) is 0 Å². The Labute approximate surface area is 207 Å². The van der Waals surface area contributed by atoms with Crippen molar-refractivity contribution in [2.75, 3.05) is 29.5 Å². The molecule has 0 N–H and O–H groups in total. The minimum Gasteiger partial charge on any atom is -0.444 e. The van der Waals surface area contributed by atoms with Crippen molar-refractivity contribution in [3.8, 4) is 0 Å². The number of rotatable bonds is 7. The van der Waals surface area contributed by atoms with Crippen LogP contribution >= 0.6 is 0 Å². The number of hydrogen-bond acceptors (Lipinski definition) is 5. The van der Waals surface area contributed by atoms with Crippen molar-refractivity contribution in [1.29, 1.82) is 0 Å². The quantitative estimate of drug-likeness (QED) is 0.481. The molecule has 2 aliphatic heterocycles. The van der Waals surface area contributed by atoms with Gasteiger partial charge in [-0.25, -0.2) is 8.42 Å². The number of hydrogen-bond donors (Lipinski definition) is 0. The lowest BCUT2D eigenvalue weighted by atomic mass is 9.89. The molecule has 2 saturated heterocycles. The number of carbonyl (C=O) groups excluding carboxylic acids is 1. The molecule has 0 aliphatic carbocycles. The molecular weight excluding hydrogens is 460 g/mol. The van der Waals surface area contributed by atoms with E-state index in [2.05, 4.69) is 4.90 Å². The zero-order valence-electron chi connectivity index (χ0n) is 19.9. The number of piperidine rings is 1. The first-order valence-corrected chi connectivity index (χ1v) is 14.3. The summed E-state index contributed by atoms with van der Waals surface area (Å²) in [5.74, 6) is 1.00. The van der Waals surface area contributed by atoms with Gasteiger partial charge in [-0.1, -0.05) is 60.7 Å². The van der Waals surface area contributed by atoms with E-state index in [4.69, 9.17) is 4.42 Å². The Morgan fingerprint density at radius 3 is 2.11 bits per heavy atom. The van der Waals surface area contributed by atoms with Gasteiger partial charge in [0.2, 0.25) is 5.91 Å². The highest BCUT2D eigenvalue weighted by Crippen LogP contribution is 2.32. The standard InChI is InChI=1S/C28H32N2O4S/c31-28(27(22-10-4-1-5-11-22)23-12-6-2-7-13-23)30(24-16-19-35(32,33)21-24)20-25-14-15-26(34-25)29-17-8-3-9-18-29/h1-2,4-7,10-15,24,27H,3,8-9,16-21H2. The van der Waals surface area contributed by atoms with Crippen molar-refractivity contribution in [3.63, 3.8) is 0 Å². The van der Waals surface area contributed by atoms with Crippen LogP contribution in [-0.2, 0) is 21.2 Å². The lowest BCUT2D eigenvalue weighted by Gasteiger charge is -2.32. The molecule has 35 heavy (non-hydrogen) atoms. The molecule has 1 atom stereocenters. The van der Waals surface area contributed by atoms with Crippen molar-refractivity contribution in [1.82, 2.24) is 4.90 Å². The Bertz CT molecular complexity index is 1190.